The Kier molecular flexibility index (Phi) is 2.82. The molecule has 12 heavy (non-hydrogen) atoms. The smallest absolute Gasteiger partial charge is 0.228 e. The van der Waals surface area contributed by atoms with Crippen LogP contribution >= 0.6 is 0 Å². The van der Waals surface area contributed by atoms with Crippen LogP contribution < -0.4 is 5.32 Å². The molecule has 1 aliphatic heterocycles. The highest BCUT2D eigenvalue weighted by Crippen LogP contribution is 2.20. The number of anilines is 1. The van der Waals surface area contributed by atoms with Gasteiger partial charge >= 0.3 is 0 Å². The Labute approximate surface area is 71.0 Å². The van der Waals surface area contributed by atoms with E-state index in [1.54, 1.807) is 0 Å². The lowest BCUT2D eigenvalue weighted by Crippen LogP contribution is -2.03. The van der Waals surface area contributed by atoms with Gasteiger partial charge in [0.25, 0.3) is 0 Å². The van der Waals surface area contributed by atoms with Gasteiger partial charge in [-0.2, -0.15) is 0 Å². The summed E-state index contributed by atoms with van der Waals surface area (Å²) in [6.07, 6.45) is 0.538. The van der Waals surface area contributed by atoms with Crippen LogP contribution in [0, 0.1) is 0 Å². The summed E-state index contributed by atoms with van der Waals surface area (Å²) in [6, 6.07) is 7.75. The average Bonchev–Trinajstić information content (AvgIpc) is 2.48. The maximum atomic E-state index is 10.8. The molecule has 0 radical (unpaired) electrons. The summed E-state index contributed by atoms with van der Waals surface area (Å²) in [4.78, 5) is 10.8. The molecule has 1 aromatic carbocycles. The quantitative estimate of drug-likeness (QED) is 0.597. The van der Waals surface area contributed by atoms with Gasteiger partial charge < -0.3 is 10.4 Å². The van der Waals surface area contributed by atoms with Crippen molar-refractivity contribution in [2.24, 2.45) is 0 Å². The molecule has 0 spiro atoms. The number of aliphatic hydroxyl groups excluding tert-OH is 1. The number of carbonyl (C=O) groups excluding carboxylic acids is 1. The van der Waals surface area contributed by atoms with Crippen molar-refractivity contribution in [2.75, 3.05) is 12.4 Å². The molecule has 0 atom stereocenters. The normalized spacial score (nSPS) is 12.7. The van der Waals surface area contributed by atoms with Crippen molar-refractivity contribution >= 4 is 11.6 Å². The van der Waals surface area contributed by atoms with Crippen molar-refractivity contribution in [3.8, 4) is 0 Å². The van der Waals surface area contributed by atoms with Gasteiger partial charge in [-0.25, -0.2) is 0 Å². The second-order valence-corrected chi connectivity index (χ2v) is 2.38. The summed E-state index contributed by atoms with van der Waals surface area (Å²) in [5.74, 6) is 0.0983. The third-order valence-corrected chi connectivity index (χ3v) is 1.64. The molecule has 1 amide bonds. The van der Waals surface area contributed by atoms with Crippen molar-refractivity contribution in [2.45, 2.75) is 6.42 Å². The van der Waals surface area contributed by atoms with Crippen LogP contribution in [0.4, 0.5) is 5.69 Å². The van der Waals surface area contributed by atoms with Crippen LogP contribution in [0.1, 0.15) is 5.56 Å². The lowest BCUT2D eigenvalue weighted by atomic mass is 10.2. The van der Waals surface area contributed by atoms with Crippen molar-refractivity contribution in [1.29, 1.82) is 0 Å². The molecule has 1 aromatic rings. The minimum Gasteiger partial charge on any atom is -0.400 e. The van der Waals surface area contributed by atoms with Gasteiger partial charge in [0, 0.05) is 12.8 Å². The molecule has 1 heterocycles. The standard InChI is InChI=1S/C8H7NO.CH4O/c10-8-5-6-3-1-2-4-7(6)9-8;1-2/h1-4H,5H2,(H,9,10);2H,1H3. The van der Waals surface area contributed by atoms with Crippen molar-refractivity contribution in [3.63, 3.8) is 0 Å². The molecule has 0 bridgehead atoms. The molecule has 0 fully saturated rings. The number of hydrogen-bond donors (Lipinski definition) is 2. The minimum absolute atomic E-state index is 0.0983. The molecule has 0 saturated carbocycles. The second-order valence-electron chi connectivity index (χ2n) is 2.38. The van der Waals surface area contributed by atoms with E-state index in [1.165, 1.54) is 0 Å². The van der Waals surface area contributed by atoms with Crippen LogP contribution in [0.5, 0.6) is 0 Å². The van der Waals surface area contributed by atoms with E-state index in [0.29, 0.717) is 6.42 Å². The molecular weight excluding hydrogens is 154 g/mol. The Morgan fingerprint density at radius 3 is 2.67 bits per heavy atom. The SMILES string of the molecule is CO.O=C1Cc2ccccc2N1. The number of aliphatic hydroxyl groups is 1. The monoisotopic (exact) mass is 165 g/mol. The molecule has 3 nitrogen and oxygen atoms in total. The van der Waals surface area contributed by atoms with Crippen LogP contribution in [0.25, 0.3) is 0 Å². The zero-order valence-electron chi connectivity index (χ0n) is 6.87. The fourth-order valence-corrected chi connectivity index (χ4v) is 1.16. The zero-order valence-corrected chi connectivity index (χ0v) is 6.87. The zero-order chi connectivity index (χ0) is 8.97. The Hall–Kier alpha value is -1.35. The molecule has 2 N–H and O–H groups in total. The molecule has 0 aliphatic carbocycles. The van der Waals surface area contributed by atoms with E-state index < -0.39 is 0 Å². The van der Waals surface area contributed by atoms with Crippen LogP contribution in [-0.4, -0.2) is 18.1 Å². The Balaban J connectivity index is 0.000000336. The Bertz CT molecular complexity index is 257. The van der Waals surface area contributed by atoms with Crippen molar-refractivity contribution < 1.29 is 9.90 Å². The summed E-state index contributed by atoms with van der Waals surface area (Å²) in [7, 11) is 1.00. The first-order chi connectivity index (χ1) is 5.86. The van der Waals surface area contributed by atoms with Crippen molar-refractivity contribution in [3.05, 3.63) is 29.8 Å². The average molecular weight is 165 g/mol. The first kappa shape index (κ1) is 8.74. The number of nitrogens with one attached hydrogen (secondary N) is 1. The Morgan fingerprint density at radius 1 is 1.33 bits per heavy atom. The predicted molar refractivity (Wildman–Crippen MR) is 46.9 cm³/mol. The van der Waals surface area contributed by atoms with Crippen LogP contribution in [0.2, 0.25) is 0 Å². The molecule has 0 aromatic heterocycles. The number of carbonyl (C=O) groups is 1. The largest absolute Gasteiger partial charge is 0.400 e. The third-order valence-electron chi connectivity index (χ3n) is 1.64. The van der Waals surface area contributed by atoms with Gasteiger partial charge in [-0.15, -0.1) is 0 Å². The highest BCUT2D eigenvalue weighted by molar-refractivity contribution is 5.98. The first-order valence-corrected chi connectivity index (χ1v) is 3.69. The van der Waals surface area contributed by atoms with Gasteiger partial charge in [0.05, 0.1) is 6.42 Å². The maximum Gasteiger partial charge on any atom is 0.228 e. The molecule has 0 unspecified atom stereocenters. The number of benzene rings is 1. The number of amides is 1. The molecule has 3 heteroatoms. The maximum absolute atomic E-state index is 10.8. The van der Waals surface area contributed by atoms with E-state index in [4.69, 9.17) is 5.11 Å². The first-order valence-electron chi connectivity index (χ1n) is 3.69. The minimum atomic E-state index is 0.0983. The van der Waals surface area contributed by atoms with Gasteiger partial charge in [-0.05, 0) is 11.6 Å². The molecule has 64 valence electrons. The van der Waals surface area contributed by atoms with Crippen LogP contribution in [-0.2, 0) is 11.2 Å². The summed E-state index contributed by atoms with van der Waals surface area (Å²) >= 11 is 0. The number of rotatable bonds is 0. The molecule has 2 rings (SSSR count). The van der Waals surface area contributed by atoms with Gasteiger partial charge in [-0.1, -0.05) is 18.2 Å². The highest BCUT2D eigenvalue weighted by atomic mass is 16.2. The number of hydrogen-bond acceptors (Lipinski definition) is 2. The summed E-state index contributed by atoms with van der Waals surface area (Å²) in [5, 5.41) is 9.76. The summed E-state index contributed by atoms with van der Waals surface area (Å²) < 4.78 is 0. The van der Waals surface area contributed by atoms with Crippen LogP contribution in [0.15, 0.2) is 24.3 Å². The summed E-state index contributed by atoms with van der Waals surface area (Å²) in [6.45, 7) is 0. The topological polar surface area (TPSA) is 49.3 Å². The summed E-state index contributed by atoms with van der Waals surface area (Å²) in [5.41, 5.74) is 2.07. The number of para-hydroxylation sites is 1. The molecule has 1 aliphatic rings. The third kappa shape index (κ3) is 1.62. The van der Waals surface area contributed by atoms with E-state index in [1.807, 2.05) is 24.3 Å². The van der Waals surface area contributed by atoms with E-state index in [-0.39, 0.29) is 5.91 Å². The van der Waals surface area contributed by atoms with Crippen LogP contribution in [0.3, 0.4) is 0 Å². The van der Waals surface area contributed by atoms with E-state index in [0.717, 1.165) is 18.4 Å². The van der Waals surface area contributed by atoms with E-state index >= 15 is 0 Å². The Morgan fingerprint density at radius 2 is 2.00 bits per heavy atom. The predicted octanol–water partition coefficient (Wildman–Crippen LogP) is 0.790. The second kappa shape index (κ2) is 3.88. The van der Waals surface area contributed by atoms with Gasteiger partial charge in [-0.3, -0.25) is 4.79 Å². The van der Waals surface area contributed by atoms with Gasteiger partial charge in [0.15, 0.2) is 0 Å². The number of fused-ring (bicyclic) bond motifs is 1. The van der Waals surface area contributed by atoms with Crippen molar-refractivity contribution in [1.82, 2.24) is 0 Å². The van der Waals surface area contributed by atoms with E-state index in [9.17, 15) is 4.79 Å². The fourth-order valence-electron chi connectivity index (χ4n) is 1.16. The molecular formula is C9H11NO2. The van der Waals surface area contributed by atoms with Gasteiger partial charge in [0.2, 0.25) is 5.91 Å². The molecule has 0 saturated heterocycles. The van der Waals surface area contributed by atoms with E-state index in [2.05, 4.69) is 5.32 Å². The highest BCUT2D eigenvalue weighted by Gasteiger charge is 2.15. The lowest BCUT2D eigenvalue weighted by molar-refractivity contribution is -0.115. The fraction of sp³-hybridized carbons (Fsp3) is 0.222. The lowest BCUT2D eigenvalue weighted by Gasteiger charge is -1.93. The van der Waals surface area contributed by atoms with Gasteiger partial charge in [0.1, 0.15) is 0 Å².